The molecular weight excluding hydrogens is 313 g/mol. The molecule has 23 heavy (non-hydrogen) atoms. The minimum absolute atomic E-state index is 0.218. The Labute approximate surface area is 141 Å². The van der Waals surface area contributed by atoms with Gasteiger partial charge in [-0.25, -0.2) is 4.39 Å². The molecular formula is C19H19ClFNO. The van der Waals surface area contributed by atoms with Crippen LogP contribution in [0.15, 0.2) is 54.6 Å². The fourth-order valence-corrected chi connectivity index (χ4v) is 2.34. The van der Waals surface area contributed by atoms with Crippen molar-refractivity contribution in [3.05, 3.63) is 76.6 Å². The molecule has 0 radical (unpaired) electrons. The normalized spacial score (nSPS) is 11.7. The number of carbonyl (C=O) groups excluding carboxylic acids is 1. The number of benzene rings is 2. The Morgan fingerprint density at radius 3 is 2.48 bits per heavy atom. The summed E-state index contributed by atoms with van der Waals surface area (Å²) in [6, 6.07) is 13.8. The van der Waals surface area contributed by atoms with Crippen molar-refractivity contribution in [2.24, 2.45) is 0 Å². The van der Waals surface area contributed by atoms with Crippen LogP contribution in [-0.4, -0.2) is 12.5 Å². The van der Waals surface area contributed by atoms with Gasteiger partial charge in [0.1, 0.15) is 5.82 Å². The van der Waals surface area contributed by atoms with Crippen LogP contribution in [-0.2, 0) is 10.2 Å². The monoisotopic (exact) mass is 331 g/mol. The van der Waals surface area contributed by atoms with Crippen LogP contribution in [0, 0.1) is 5.82 Å². The number of hydrogen-bond donors (Lipinski definition) is 1. The molecule has 0 aliphatic heterocycles. The lowest BCUT2D eigenvalue weighted by Gasteiger charge is -2.25. The first-order valence-corrected chi connectivity index (χ1v) is 7.73. The van der Waals surface area contributed by atoms with Crippen molar-refractivity contribution in [1.82, 2.24) is 5.32 Å². The molecule has 0 atom stereocenters. The summed E-state index contributed by atoms with van der Waals surface area (Å²) in [6.07, 6.45) is 3.17. The summed E-state index contributed by atoms with van der Waals surface area (Å²) in [5.74, 6) is -0.479. The Morgan fingerprint density at radius 2 is 1.83 bits per heavy atom. The summed E-state index contributed by atoms with van der Waals surface area (Å²) in [6.45, 7) is 4.14. The Morgan fingerprint density at radius 1 is 1.17 bits per heavy atom. The molecule has 0 bridgehead atoms. The lowest BCUT2D eigenvalue weighted by atomic mass is 9.84. The highest BCUT2D eigenvalue weighted by Gasteiger charge is 2.24. The summed E-state index contributed by atoms with van der Waals surface area (Å²) in [5.41, 5.74) is 0.981. The smallest absolute Gasteiger partial charge is 0.244 e. The molecule has 0 unspecified atom stereocenters. The molecule has 2 rings (SSSR count). The third-order valence-corrected chi connectivity index (χ3v) is 3.86. The topological polar surface area (TPSA) is 29.1 Å². The molecule has 0 saturated heterocycles. The van der Waals surface area contributed by atoms with Crippen molar-refractivity contribution in [2.45, 2.75) is 19.3 Å². The molecule has 2 nitrogen and oxygen atoms in total. The van der Waals surface area contributed by atoms with Crippen molar-refractivity contribution < 1.29 is 9.18 Å². The maximum absolute atomic E-state index is 13.9. The second kappa shape index (κ2) is 7.42. The minimum atomic E-state index is -0.491. The molecule has 0 aliphatic carbocycles. The second-order valence-electron chi connectivity index (χ2n) is 5.97. The highest BCUT2D eigenvalue weighted by Crippen LogP contribution is 2.24. The summed E-state index contributed by atoms with van der Waals surface area (Å²) < 4.78 is 13.9. The molecule has 0 aromatic heterocycles. The fourth-order valence-electron chi connectivity index (χ4n) is 2.22. The van der Waals surface area contributed by atoms with Crippen molar-refractivity contribution >= 4 is 23.6 Å². The van der Waals surface area contributed by atoms with Gasteiger partial charge in [-0.3, -0.25) is 4.79 Å². The highest BCUT2D eigenvalue weighted by atomic mass is 35.5. The van der Waals surface area contributed by atoms with E-state index >= 15 is 0 Å². The number of halogens is 2. The van der Waals surface area contributed by atoms with Gasteiger partial charge in [-0.2, -0.15) is 0 Å². The molecule has 2 aromatic carbocycles. The van der Waals surface area contributed by atoms with Crippen LogP contribution in [0.5, 0.6) is 0 Å². The zero-order valence-electron chi connectivity index (χ0n) is 13.1. The summed E-state index contributed by atoms with van der Waals surface area (Å²) in [5, 5.41) is 3.46. The van der Waals surface area contributed by atoms with Crippen LogP contribution in [0.3, 0.4) is 0 Å². The summed E-state index contributed by atoms with van der Waals surface area (Å²) >= 11 is 5.81. The Kier molecular flexibility index (Phi) is 5.56. The number of nitrogens with one attached hydrogen (secondary N) is 1. The standard InChI is InChI=1S/C19H19ClFNO/c1-19(2,16-5-3-4-6-17(16)21)13-22-18(23)12-9-14-7-10-15(20)11-8-14/h3-12H,13H2,1-2H3,(H,22,23)/b12-9+. The van der Waals surface area contributed by atoms with E-state index in [-0.39, 0.29) is 11.7 Å². The van der Waals surface area contributed by atoms with E-state index in [9.17, 15) is 9.18 Å². The average molecular weight is 332 g/mol. The van der Waals surface area contributed by atoms with Crippen LogP contribution < -0.4 is 5.32 Å². The van der Waals surface area contributed by atoms with Crippen LogP contribution in [0.4, 0.5) is 4.39 Å². The molecule has 0 aliphatic rings. The molecule has 4 heteroatoms. The number of hydrogen-bond acceptors (Lipinski definition) is 1. The van der Waals surface area contributed by atoms with E-state index in [1.165, 1.54) is 12.1 Å². The van der Waals surface area contributed by atoms with Crippen LogP contribution >= 0.6 is 11.6 Å². The Bertz CT molecular complexity index is 708. The number of rotatable bonds is 5. The van der Waals surface area contributed by atoms with Gasteiger partial charge in [0.05, 0.1) is 0 Å². The van der Waals surface area contributed by atoms with Crippen molar-refractivity contribution in [3.8, 4) is 0 Å². The van der Waals surface area contributed by atoms with Gasteiger partial charge in [0.2, 0.25) is 5.91 Å². The maximum Gasteiger partial charge on any atom is 0.244 e. The zero-order chi connectivity index (χ0) is 16.9. The fraction of sp³-hybridized carbons (Fsp3) is 0.211. The molecule has 120 valence electrons. The van der Waals surface area contributed by atoms with Gasteiger partial charge >= 0.3 is 0 Å². The molecule has 1 N–H and O–H groups in total. The van der Waals surface area contributed by atoms with E-state index in [1.54, 1.807) is 36.4 Å². The SMILES string of the molecule is CC(C)(CNC(=O)/C=C/c1ccc(Cl)cc1)c1ccccc1F. The molecule has 2 aromatic rings. The first kappa shape index (κ1) is 17.2. The van der Waals surface area contributed by atoms with Gasteiger partial charge in [0.15, 0.2) is 0 Å². The first-order valence-electron chi connectivity index (χ1n) is 7.35. The second-order valence-corrected chi connectivity index (χ2v) is 6.40. The molecule has 0 heterocycles. The van der Waals surface area contributed by atoms with Crippen molar-refractivity contribution in [1.29, 1.82) is 0 Å². The highest BCUT2D eigenvalue weighted by molar-refractivity contribution is 6.30. The predicted molar refractivity (Wildman–Crippen MR) is 92.9 cm³/mol. The molecule has 1 amide bonds. The maximum atomic E-state index is 13.9. The van der Waals surface area contributed by atoms with E-state index in [0.29, 0.717) is 17.1 Å². The molecule has 0 saturated carbocycles. The van der Waals surface area contributed by atoms with Gasteiger partial charge in [0, 0.05) is 23.1 Å². The van der Waals surface area contributed by atoms with E-state index in [4.69, 9.17) is 11.6 Å². The van der Waals surface area contributed by atoms with Gasteiger partial charge in [-0.15, -0.1) is 0 Å². The lowest BCUT2D eigenvalue weighted by Crippen LogP contribution is -2.36. The van der Waals surface area contributed by atoms with Crippen molar-refractivity contribution in [2.75, 3.05) is 6.54 Å². The Hall–Kier alpha value is -2.13. The van der Waals surface area contributed by atoms with Crippen LogP contribution in [0.2, 0.25) is 5.02 Å². The average Bonchev–Trinajstić information content (AvgIpc) is 2.53. The zero-order valence-corrected chi connectivity index (χ0v) is 13.9. The van der Waals surface area contributed by atoms with E-state index in [0.717, 1.165) is 5.56 Å². The van der Waals surface area contributed by atoms with Gasteiger partial charge < -0.3 is 5.32 Å². The number of carbonyl (C=O) groups is 1. The largest absolute Gasteiger partial charge is 0.352 e. The molecule has 0 fully saturated rings. The minimum Gasteiger partial charge on any atom is -0.352 e. The van der Waals surface area contributed by atoms with Gasteiger partial charge in [0.25, 0.3) is 0 Å². The predicted octanol–water partition coefficient (Wildman–Crippen LogP) is 4.59. The van der Waals surface area contributed by atoms with Crippen molar-refractivity contribution in [3.63, 3.8) is 0 Å². The first-order chi connectivity index (χ1) is 10.9. The number of amides is 1. The van der Waals surface area contributed by atoms with E-state index < -0.39 is 5.41 Å². The molecule has 0 spiro atoms. The van der Waals surface area contributed by atoms with Crippen LogP contribution in [0.25, 0.3) is 6.08 Å². The Balaban J connectivity index is 1.96. The quantitative estimate of drug-likeness (QED) is 0.798. The van der Waals surface area contributed by atoms with E-state index in [1.807, 2.05) is 26.0 Å². The summed E-state index contributed by atoms with van der Waals surface area (Å²) in [7, 11) is 0. The van der Waals surface area contributed by atoms with Gasteiger partial charge in [-0.1, -0.05) is 55.8 Å². The van der Waals surface area contributed by atoms with Crippen LogP contribution in [0.1, 0.15) is 25.0 Å². The van der Waals surface area contributed by atoms with Gasteiger partial charge in [-0.05, 0) is 35.4 Å². The lowest BCUT2D eigenvalue weighted by molar-refractivity contribution is -0.116. The third kappa shape index (κ3) is 4.93. The third-order valence-electron chi connectivity index (χ3n) is 3.60. The van der Waals surface area contributed by atoms with E-state index in [2.05, 4.69) is 5.32 Å². The summed E-state index contributed by atoms with van der Waals surface area (Å²) in [4.78, 5) is 11.9.